The highest BCUT2D eigenvalue weighted by Gasteiger charge is 2.25. The zero-order chi connectivity index (χ0) is 10.4. The molecule has 14 heavy (non-hydrogen) atoms. The van der Waals surface area contributed by atoms with Crippen LogP contribution in [0.1, 0.15) is 38.5 Å². The second-order valence-electron chi connectivity index (χ2n) is 4.30. The van der Waals surface area contributed by atoms with E-state index in [0.717, 1.165) is 38.1 Å². The zero-order valence-electron chi connectivity index (χ0n) is 9.08. The topological polar surface area (TPSA) is 23.5 Å². The third-order valence-electron chi connectivity index (χ3n) is 3.15. The summed E-state index contributed by atoms with van der Waals surface area (Å²) in [5.74, 6) is 0.751. The SMILES string of the molecule is CN(CCCCCl)C1CCCCC1O. The number of hydrogen-bond acceptors (Lipinski definition) is 2. The van der Waals surface area contributed by atoms with Crippen molar-refractivity contribution >= 4 is 11.6 Å². The van der Waals surface area contributed by atoms with Crippen LogP contribution < -0.4 is 0 Å². The number of hydrogen-bond donors (Lipinski definition) is 1. The van der Waals surface area contributed by atoms with Crippen LogP contribution in [0.5, 0.6) is 0 Å². The number of aliphatic hydroxyl groups excluding tert-OH is 1. The molecular formula is C11H22ClNO. The summed E-state index contributed by atoms with van der Waals surface area (Å²) in [6, 6.07) is 0.388. The summed E-state index contributed by atoms with van der Waals surface area (Å²) in [6.45, 7) is 1.06. The molecule has 1 aliphatic carbocycles. The molecule has 1 rings (SSSR count). The fourth-order valence-electron chi connectivity index (χ4n) is 2.23. The first-order chi connectivity index (χ1) is 6.75. The van der Waals surface area contributed by atoms with Gasteiger partial charge in [-0.1, -0.05) is 12.8 Å². The van der Waals surface area contributed by atoms with E-state index < -0.39 is 0 Å². The van der Waals surface area contributed by atoms with Crippen molar-refractivity contribution in [2.75, 3.05) is 19.5 Å². The van der Waals surface area contributed by atoms with Crippen LogP contribution in [0.3, 0.4) is 0 Å². The number of likely N-dealkylation sites (N-methyl/N-ethyl adjacent to an activating group) is 1. The van der Waals surface area contributed by atoms with E-state index in [9.17, 15) is 5.11 Å². The van der Waals surface area contributed by atoms with Crippen molar-refractivity contribution < 1.29 is 5.11 Å². The number of halogens is 1. The Morgan fingerprint density at radius 3 is 2.64 bits per heavy atom. The molecule has 1 fully saturated rings. The van der Waals surface area contributed by atoms with Crippen molar-refractivity contribution in [2.45, 2.75) is 50.7 Å². The number of unbranched alkanes of at least 4 members (excludes halogenated alkanes) is 1. The predicted octanol–water partition coefficient (Wildman–Crippen LogP) is 2.24. The van der Waals surface area contributed by atoms with Crippen molar-refractivity contribution in [1.82, 2.24) is 4.90 Å². The van der Waals surface area contributed by atoms with Gasteiger partial charge in [-0.15, -0.1) is 11.6 Å². The maximum Gasteiger partial charge on any atom is 0.0695 e. The van der Waals surface area contributed by atoms with Gasteiger partial charge in [0.2, 0.25) is 0 Å². The van der Waals surface area contributed by atoms with E-state index in [1.807, 2.05) is 0 Å². The molecule has 84 valence electrons. The van der Waals surface area contributed by atoms with E-state index in [0.29, 0.717) is 6.04 Å². The van der Waals surface area contributed by atoms with Crippen LogP contribution in [-0.2, 0) is 0 Å². The van der Waals surface area contributed by atoms with Gasteiger partial charge in [-0.2, -0.15) is 0 Å². The molecule has 0 aliphatic heterocycles. The lowest BCUT2D eigenvalue weighted by Gasteiger charge is -2.35. The van der Waals surface area contributed by atoms with Gasteiger partial charge in [0.25, 0.3) is 0 Å². The van der Waals surface area contributed by atoms with Gasteiger partial charge < -0.3 is 10.0 Å². The Morgan fingerprint density at radius 1 is 1.29 bits per heavy atom. The molecule has 2 unspecified atom stereocenters. The smallest absolute Gasteiger partial charge is 0.0695 e. The molecule has 0 radical (unpaired) electrons. The molecule has 0 amide bonds. The fourth-order valence-corrected chi connectivity index (χ4v) is 2.42. The molecule has 0 bridgehead atoms. The molecule has 0 aromatic heterocycles. The summed E-state index contributed by atoms with van der Waals surface area (Å²) in [5, 5.41) is 9.83. The van der Waals surface area contributed by atoms with Gasteiger partial charge in [0.05, 0.1) is 6.10 Å². The first kappa shape index (κ1) is 12.3. The molecule has 2 atom stereocenters. The van der Waals surface area contributed by atoms with Gasteiger partial charge in [-0.05, 0) is 39.3 Å². The molecule has 0 saturated heterocycles. The van der Waals surface area contributed by atoms with Crippen molar-refractivity contribution in [3.8, 4) is 0 Å². The minimum atomic E-state index is -0.107. The maximum atomic E-state index is 9.83. The van der Waals surface area contributed by atoms with Crippen LogP contribution in [0.4, 0.5) is 0 Å². The highest BCUT2D eigenvalue weighted by atomic mass is 35.5. The highest BCUT2D eigenvalue weighted by molar-refractivity contribution is 6.17. The molecule has 1 aliphatic rings. The van der Waals surface area contributed by atoms with E-state index in [1.54, 1.807) is 0 Å². The Labute approximate surface area is 92.2 Å². The first-order valence-electron chi connectivity index (χ1n) is 5.70. The third kappa shape index (κ3) is 3.76. The van der Waals surface area contributed by atoms with E-state index in [4.69, 9.17) is 11.6 Å². The van der Waals surface area contributed by atoms with Crippen molar-refractivity contribution in [3.63, 3.8) is 0 Å². The average Bonchev–Trinajstić information content (AvgIpc) is 2.18. The van der Waals surface area contributed by atoms with Crippen molar-refractivity contribution in [1.29, 1.82) is 0 Å². The molecule has 1 saturated carbocycles. The van der Waals surface area contributed by atoms with Crippen LogP contribution in [0.25, 0.3) is 0 Å². The Hall–Kier alpha value is 0.210. The second-order valence-corrected chi connectivity index (χ2v) is 4.67. The predicted molar refractivity (Wildman–Crippen MR) is 60.8 cm³/mol. The summed E-state index contributed by atoms with van der Waals surface area (Å²) < 4.78 is 0. The molecule has 0 aromatic carbocycles. The Balaban J connectivity index is 2.23. The van der Waals surface area contributed by atoms with Crippen LogP contribution >= 0.6 is 11.6 Å². The van der Waals surface area contributed by atoms with Crippen molar-refractivity contribution in [3.05, 3.63) is 0 Å². The minimum Gasteiger partial charge on any atom is -0.391 e. The molecule has 2 nitrogen and oxygen atoms in total. The molecule has 3 heteroatoms. The molecule has 0 aromatic rings. The average molecular weight is 220 g/mol. The number of alkyl halides is 1. The Bertz CT molecular complexity index is 154. The summed E-state index contributed by atoms with van der Waals surface area (Å²) in [5.41, 5.74) is 0. The molecular weight excluding hydrogens is 198 g/mol. The van der Waals surface area contributed by atoms with Gasteiger partial charge >= 0.3 is 0 Å². The van der Waals surface area contributed by atoms with E-state index in [1.165, 1.54) is 12.8 Å². The monoisotopic (exact) mass is 219 g/mol. The summed E-state index contributed by atoms with van der Waals surface area (Å²) >= 11 is 5.63. The number of aliphatic hydroxyl groups is 1. The van der Waals surface area contributed by atoms with Gasteiger partial charge in [0, 0.05) is 11.9 Å². The largest absolute Gasteiger partial charge is 0.391 e. The van der Waals surface area contributed by atoms with Crippen LogP contribution in [0, 0.1) is 0 Å². The van der Waals surface area contributed by atoms with Gasteiger partial charge in [-0.3, -0.25) is 0 Å². The minimum absolute atomic E-state index is 0.107. The lowest BCUT2D eigenvalue weighted by molar-refractivity contribution is 0.0318. The van der Waals surface area contributed by atoms with Crippen molar-refractivity contribution in [2.24, 2.45) is 0 Å². The summed E-state index contributed by atoms with van der Waals surface area (Å²) in [7, 11) is 2.12. The quantitative estimate of drug-likeness (QED) is 0.567. The first-order valence-corrected chi connectivity index (χ1v) is 6.23. The lowest BCUT2D eigenvalue weighted by atomic mass is 9.91. The Morgan fingerprint density at radius 2 is 2.00 bits per heavy atom. The number of nitrogens with zero attached hydrogens (tertiary/aromatic N) is 1. The third-order valence-corrected chi connectivity index (χ3v) is 3.42. The normalized spacial score (nSPS) is 28.3. The van der Waals surface area contributed by atoms with Gasteiger partial charge in [-0.25, -0.2) is 0 Å². The lowest BCUT2D eigenvalue weighted by Crippen LogP contribution is -2.43. The highest BCUT2D eigenvalue weighted by Crippen LogP contribution is 2.22. The Kier molecular flexibility index (Phi) is 5.83. The van der Waals surface area contributed by atoms with E-state index in [-0.39, 0.29) is 6.10 Å². The van der Waals surface area contributed by atoms with Gasteiger partial charge in [0.15, 0.2) is 0 Å². The van der Waals surface area contributed by atoms with Crippen LogP contribution in [-0.4, -0.2) is 41.6 Å². The molecule has 0 heterocycles. The standard InChI is InChI=1S/C11H22ClNO/c1-13(9-5-4-8-12)10-6-2-3-7-11(10)14/h10-11,14H,2-9H2,1H3. The van der Waals surface area contributed by atoms with E-state index in [2.05, 4.69) is 11.9 Å². The zero-order valence-corrected chi connectivity index (χ0v) is 9.84. The fraction of sp³-hybridized carbons (Fsp3) is 1.00. The summed E-state index contributed by atoms with van der Waals surface area (Å²) in [6.07, 6.45) is 6.69. The van der Waals surface area contributed by atoms with E-state index >= 15 is 0 Å². The molecule has 1 N–H and O–H groups in total. The van der Waals surface area contributed by atoms with Crippen LogP contribution in [0.2, 0.25) is 0 Å². The number of rotatable bonds is 5. The molecule has 0 spiro atoms. The second kappa shape index (κ2) is 6.65. The van der Waals surface area contributed by atoms with Crippen LogP contribution in [0.15, 0.2) is 0 Å². The summed E-state index contributed by atoms with van der Waals surface area (Å²) in [4.78, 5) is 2.30. The van der Waals surface area contributed by atoms with Gasteiger partial charge in [0.1, 0.15) is 0 Å². The maximum absolute atomic E-state index is 9.83.